The third-order valence-corrected chi connectivity index (χ3v) is 4.90. The van der Waals surface area contributed by atoms with Gasteiger partial charge in [0.15, 0.2) is 0 Å². The summed E-state index contributed by atoms with van der Waals surface area (Å²) in [5, 5.41) is 7.13. The third kappa shape index (κ3) is 4.00. The zero-order chi connectivity index (χ0) is 19.6. The van der Waals surface area contributed by atoms with E-state index in [1.54, 1.807) is 28.8 Å². The summed E-state index contributed by atoms with van der Waals surface area (Å²) in [6.45, 7) is 2.47. The van der Waals surface area contributed by atoms with Gasteiger partial charge in [-0.3, -0.25) is 14.3 Å². The second-order valence-corrected chi connectivity index (χ2v) is 6.76. The van der Waals surface area contributed by atoms with Crippen molar-refractivity contribution in [3.8, 4) is 0 Å². The topological polar surface area (TPSA) is 76.5 Å². The van der Waals surface area contributed by atoms with E-state index in [2.05, 4.69) is 10.4 Å². The first-order chi connectivity index (χ1) is 12.9. The SMILES string of the molecule is COCC(=O)N[C@@H]1CN(C(=O)c2cc(F)ccc2C)C[C@H]1c1ccnn1C. The molecule has 0 bridgehead atoms. The van der Waals surface area contributed by atoms with Crippen LogP contribution in [0.1, 0.15) is 27.5 Å². The van der Waals surface area contributed by atoms with Crippen LogP contribution in [-0.4, -0.2) is 59.3 Å². The van der Waals surface area contributed by atoms with E-state index < -0.39 is 5.82 Å². The van der Waals surface area contributed by atoms with Crippen molar-refractivity contribution in [1.82, 2.24) is 20.0 Å². The van der Waals surface area contributed by atoms with Gasteiger partial charge in [0, 0.05) is 50.6 Å². The van der Waals surface area contributed by atoms with Crippen molar-refractivity contribution in [2.45, 2.75) is 18.9 Å². The number of nitrogens with one attached hydrogen (secondary N) is 1. The summed E-state index contributed by atoms with van der Waals surface area (Å²) in [7, 11) is 3.28. The molecule has 2 atom stereocenters. The van der Waals surface area contributed by atoms with E-state index in [1.165, 1.54) is 19.2 Å². The number of rotatable bonds is 5. The Bertz CT molecular complexity index is 851. The average Bonchev–Trinajstić information content (AvgIpc) is 3.22. The maximum Gasteiger partial charge on any atom is 0.254 e. The van der Waals surface area contributed by atoms with Gasteiger partial charge < -0.3 is 15.0 Å². The maximum absolute atomic E-state index is 13.6. The van der Waals surface area contributed by atoms with E-state index in [9.17, 15) is 14.0 Å². The van der Waals surface area contributed by atoms with Crippen molar-refractivity contribution in [3.63, 3.8) is 0 Å². The molecule has 27 heavy (non-hydrogen) atoms. The zero-order valence-corrected chi connectivity index (χ0v) is 15.6. The fourth-order valence-corrected chi connectivity index (χ4v) is 3.54. The molecule has 1 fully saturated rings. The number of benzene rings is 1. The van der Waals surface area contributed by atoms with Crippen LogP contribution >= 0.6 is 0 Å². The zero-order valence-electron chi connectivity index (χ0n) is 15.6. The lowest BCUT2D eigenvalue weighted by Gasteiger charge is -2.19. The number of carbonyl (C=O) groups excluding carboxylic acids is 2. The molecule has 1 aliphatic heterocycles. The lowest BCUT2D eigenvalue weighted by molar-refractivity contribution is -0.125. The molecule has 0 aliphatic carbocycles. The van der Waals surface area contributed by atoms with E-state index in [0.29, 0.717) is 24.2 Å². The molecule has 1 aromatic carbocycles. The normalized spacial score (nSPS) is 19.3. The van der Waals surface area contributed by atoms with Crippen molar-refractivity contribution in [2.75, 3.05) is 26.8 Å². The maximum atomic E-state index is 13.6. The molecule has 0 radical (unpaired) electrons. The first-order valence-corrected chi connectivity index (χ1v) is 8.72. The minimum atomic E-state index is -0.448. The molecule has 144 valence electrons. The van der Waals surface area contributed by atoms with Crippen molar-refractivity contribution in [2.24, 2.45) is 7.05 Å². The number of hydrogen-bond donors (Lipinski definition) is 1. The molecule has 1 N–H and O–H groups in total. The quantitative estimate of drug-likeness (QED) is 0.854. The van der Waals surface area contributed by atoms with Crippen molar-refractivity contribution in [3.05, 3.63) is 53.1 Å². The van der Waals surface area contributed by atoms with E-state index >= 15 is 0 Å². The smallest absolute Gasteiger partial charge is 0.254 e. The molecular weight excluding hydrogens is 351 g/mol. The van der Waals surface area contributed by atoms with Gasteiger partial charge in [-0.05, 0) is 30.7 Å². The van der Waals surface area contributed by atoms with Crippen LogP contribution in [0.4, 0.5) is 4.39 Å². The highest BCUT2D eigenvalue weighted by Crippen LogP contribution is 2.29. The van der Waals surface area contributed by atoms with Crippen LogP contribution in [0.2, 0.25) is 0 Å². The molecule has 0 spiro atoms. The van der Waals surface area contributed by atoms with Gasteiger partial charge in [-0.15, -0.1) is 0 Å². The van der Waals surface area contributed by atoms with E-state index in [0.717, 1.165) is 5.69 Å². The van der Waals surface area contributed by atoms with Crippen LogP contribution in [0, 0.1) is 12.7 Å². The molecule has 0 unspecified atom stereocenters. The fraction of sp³-hybridized carbons (Fsp3) is 0.421. The number of aryl methyl sites for hydroxylation is 2. The molecule has 2 heterocycles. The second kappa shape index (κ2) is 7.87. The van der Waals surface area contributed by atoms with Crippen molar-refractivity contribution in [1.29, 1.82) is 0 Å². The summed E-state index contributed by atoms with van der Waals surface area (Å²) in [6.07, 6.45) is 1.69. The van der Waals surface area contributed by atoms with Crippen molar-refractivity contribution >= 4 is 11.8 Å². The number of aromatic nitrogens is 2. The van der Waals surface area contributed by atoms with E-state index in [1.807, 2.05) is 13.1 Å². The number of amides is 2. The second-order valence-electron chi connectivity index (χ2n) is 6.76. The van der Waals surface area contributed by atoms with Gasteiger partial charge in [-0.25, -0.2) is 4.39 Å². The minimum Gasteiger partial charge on any atom is -0.375 e. The lowest BCUT2D eigenvalue weighted by atomic mass is 9.99. The van der Waals surface area contributed by atoms with Gasteiger partial charge >= 0.3 is 0 Å². The highest BCUT2D eigenvalue weighted by atomic mass is 19.1. The molecule has 1 saturated heterocycles. The summed E-state index contributed by atoms with van der Waals surface area (Å²) in [6, 6.07) is 5.79. The summed E-state index contributed by atoms with van der Waals surface area (Å²) in [5.41, 5.74) is 1.97. The Morgan fingerprint density at radius 1 is 1.33 bits per heavy atom. The van der Waals surface area contributed by atoms with Crippen molar-refractivity contribution < 1.29 is 18.7 Å². The number of methoxy groups -OCH3 is 1. The van der Waals surface area contributed by atoms with Gasteiger partial charge in [0.05, 0.1) is 6.04 Å². The Labute approximate surface area is 157 Å². The van der Waals surface area contributed by atoms with Gasteiger partial charge in [0.1, 0.15) is 12.4 Å². The Morgan fingerprint density at radius 3 is 2.78 bits per heavy atom. The third-order valence-electron chi connectivity index (χ3n) is 4.90. The fourth-order valence-electron chi connectivity index (χ4n) is 3.54. The molecule has 8 heteroatoms. The minimum absolute atomic E-state index is 0.0500. The average molecular weight is 374 g/mol. The van der Waals surface area contributed by atoms with Crippen LogP contribution in [0.5, 0.6) is 0 Å². The van der Waals surface area contributed by atoms with E-state index in [-0.39, 0.29) is 30.4 Å². The van der Waals surface area contributed by atoms with Crippen LogP contribution in [-0.2, 0) is 16.6 Å². The van der Waals surface area contributed by atoms with Gasteiger partial charge in [-0.2, -0.15) is 5.10 Å². The summed E-state index contributed by atoms with van der Waals surface area (Å²) < 4.78 is 20.2. The number of hydrogen-bond acceptors (Lipinski definition) is 4. The Kier molecular flexibility index (Phi) is 5.55. The van der Waals surface area contributed by atoms with Crippen LogP contribution in [0.3, 0.4) is 0 Å². The molecule has 7 nitrogen and oxygen atoms in total. The van der Waals surface area contributed by atoms with Gasteiger partial charge in [-0.1, -0.05) is 6.07 Å². The van der Waals surface area contributed by atoms with Gasteiger partial charge in [0.25, 0.3) is 5.91 Å². The number of ether oxygens (including phenoxy) is 1. The predicted octanol–water partition coefficient (Wildman–Crippen LogP) is 1.24. The number of carbonyl (C=O) groups is 2. The molecular formula is C19H23FN4O3. The Morgan fingerprint density at radius 2 is 2.11 bits per heavy atom. The standard InChI is InChI=1S/C19H23FN4O3/c1-12-4-5-13(20)8-14(12)19(26)24-9-15(17-6-7-21-23(17)2)16(10-24)22-18(25)11-27-3/h4-8,15-16H,9-11H2,1-3H3,(H,22,25)/t15-,16-/m1/s1. The monoisotopic (exact) mass is 374 g/mol. The van der Waals surface area contributed by atoms with Crippen LogP contribution in [0.25, 0.3) is 0 Å². The lowest BCUT2D eigenvalue weighted by Crippen LogP contribution is -2.42. The highest BCUT2D eigenvalue weighted by Gasteiger charge is 2.39. The van der Waals surface area contributed by atoms with Crippen LogP contribution < -0.4 is 5.32 Å². The highest BCUT2D eigenvalue weighted by molar-refractivity contribution is 5.96. The molecule has 2 aromatic rings. The molecule has 2 amide bonds. The van der Waals surface area contributed by atoms with Crippen LogP contribution in [0.15, 0.2) is 30.5 Å². The summed E-state index contributed by atoms with van der Waals surface area (Å²) >= 11 is 0. The first kappa shape index (κ1) is 19.0. The molecule has 1 aromatic heterocycles. The Hall–Kier alpha value is -2.74. The Balaban J connectivity index is 1.85. The summed E-state index contributed by atoms with van der Waals surface area (Å²) in [4.78, 5) is 26.7. The molecule has 3 rings (SSSR count). The van der Waals surface area contributed by atoms with E-state index in [4.69, 9.17) is 4.74 Å². The molecule has 0 saturated carbocycles. The number of halogens is 1. The molecule has 1 aliphatic rings. The summed E-state index contributed by atoms with van der Waals surface area (Å²) in [5.74, 6) is -1.05. The predicted molar refractivity (Wildman–Crippen MR) is 96.8 cm³/mol. The van der Waals surface area contributed by atoms with Gasteiger partial charge in [0.2, 0.25) is 5.91 Å². The largest absolute Gasteiger partial charge is 0.375 e. The first-order valence-electron chi connectivity index (χ1n) is 8.72. The number of nitrogens with zero attached hydrogens (tertiary/aromatic N) is 3. The number of likely N-dealkylation sites (tertiary alicyclic amines) is 1.